The van der Waals surface area contributed by atoms with E-state index in [0.717, 1.165) is 28.9 Å². The van der Waals surface area contributed by atoms with E-state index in [4.69, 9.17) is 5.53 Å². The smallest absolute Gasteiger partial charge is 0.217 e. The van der Waals surface area contributed by atoms with Gasteiger partial charge in [-0.05, 0) is 17.7 Å². The molecule has 1 aromatic heterocycles. The molecule has 24 heavy (non-hydrogen) atoms. The maximum atomic E-state index is 9.22. The number of aryl methyl sites for hydroxylation is 1. The average molecular weight is 346 g/mol. The highest BCUT2D eigenvalue weighted by molar-refractivity contribution is 7.80. The standard InChI is InChI=1S/C14H11N4.CH4O4S/c1-18-12-8-4-2-6-10(12)14(16-17-15)11-7-3-5-9-13(11)18;1-5-6(2,3)4/h2-9H,1H3;1H3,(H,2,3,4)/q+1;/p-1. The van der Waals surface area contributed by atoms with Crippen molar-refractivity contribution in [3.05, 3.63) is 59.0 Å². The molecular formula is C15H14N4O4S. The van der Waals surface area contributed by atoms with E-state index >= 15 is 0 Å². The zero-order valence-electron chi connectivity index (χ0n) is 12.9. The molecule has 1 heterocycles. The van der Waals surface area contributed by atoms with Gasteiger partial charge >= 0.3 is 0 Å². The van der Waals surface area contributed by atoms with Gasteiger partial charge in [0.1, 0.15) is 7.05 Å². The van der Waals surface area contributed by atoms with Crippen LogP contribution in [-0.4, -0.2) is 20.1 Å². The predicted octanol–water partition coefficient (Wildman–Crippen LogP) is 2.85. The number of rotatable bonds is 2. The molecule has 0 saturated heterocycles. The Morgan fingerprint density at radius 2 is 1.50 bits per heavy atom. The molecule has 0 saturated carbocycles. The lowest BCUT2D eigenvalue weighted by Gasteiger charge is -2.05. The molecular weight excluding hydrogens is 332 g/mol. The van der Waals surface area contributed by atoms with Crippen LogP contribution in [0.25, 0.3) is 32.2 Å². The molecule has 8 nitrogen and oxygen atoms in total. The van der Waals surface area contributed by atoms with Gasteiger partial charge in [0.25, 0.3) is 0 Å². The van der Waals surface area contributed by atoms with Gasteiger partial charge in [0.05, 0.1) is 23.6 Å². The summed E-state index contributed by atoms with van der Waals surface area (Å²) >= 11 is 0. The predicted molar refractivity (Wildman–Crippen MR) is 88.1 cm³/mol. The molecule has 0 fully saturated rings. The minimum atomic E-state index is -4.41. The topological polar surface area (TPSA) is 119 Å². The SMILES string of the molecule is COS(=O)(=O)[O-].C[n+]1c2ccccc2c(N=[N+]=[N-])c2ccccc21. The molecule has 0 spiro atoms. The van der Waals surface area contributed by atoms with E-state index < -0.39 is 10.4 Å². The zero-order valence-corrected chi connectivity index (χ0v) is 13.8. The molecule has 0 aliphatic rings. The fraction of sp³-hybridized carbons (Fsp3) is 0.133. The quantitative estimate of drug-likeness (QED) is 0.135. The molecule has 0 bridgehead atoms. The van der Waals surface area contributed by atoms with Crippen molar-refractivity contribution >= 4 is 37.9 Å². The van der Waals surface area contributed by atoms with Crippen LogP contribution in [0.5, 0.6) is 0 Å². The third kappa shape index (κ3) is 3.79. The third-order valence-corrected chi connectivity index (χ3v) is 3.80. The summed E-state index contributed by atoms with van der Waals surface area (Å²) in [5, 5.41) is 5.81. The van der Waals surface area contributed by atoms with Crippen molar-refractivity contribution in [3.63, 3.8) is 0 Å². The second-order valence-electron chi connectivity index (χ2n) is 4.71. The van der Waals surface area contributed by atoms with E-state index in [1.807, 2.05) is 55.6 Å². The van der Waals surface area contributed by atoms with Gasteiger partial charge in [-0.1, -0.05) is 29.4 Å². The Morgan fingerprint density at radius 3 is 1.88 bits per heavy atom. The van der Waals surface area contributed by atoms with Crippen LogP contribution in [0.4, 0.5) is 5.69 Å². The first-order valence-electron chi connectivity index (χ1n) is 6.75. The Bertz CT molecular complexity index is 987. The molecule has 0 aliphatic heterocycles. The van der Waals surface area contributed by atoms with Crippen molar-refractivity contribution < 1.29 is 21.7 Å². The van der Waals surface area contributed by atoms with E-state index in [2.05, 4.69) is 18.8 Å². The fourth-order valence-electron chi connectivity index (χ4n) is 2.36. The van der Waals surface area contributed by atoms with Gasteiger partial charge in [0.2, 0.25) is 21.4 Å². The van der Waals surface area contributed by atoms with Gasteiger partial charge in [-0.2, -0.15) is 4.57 Å². The Kier molecular flexibility index (Phi) is 5.32. The molecule has 0 atom stereocenters. The van der Waals surface area contributed by atoms with Gasteiger partial charge in [-0.15, -0.1) is 0 Å². The lowest BCUT2D eigenvalue weighted by atomic mass is 10.1. The summed E-state index contributed by atoms with van der Waals surface area (Å²) < 4.78 is 33.1. The van der Waals surface area contributed by atoms with Crippen molar-refractivity contribution in [1.82, 2.24) is 0 Å². The normalized spacial score (nSPS) is 10.8. The number of azide groups is 1. The Morgan fingerprint density at radius 1 is 1.08 bits per heavy atom. The highest BCUT2D eigenvalue weighted by Gasteiger charge is 2.15. The first-order valence-corrected chi connectivity index (χ1v) is 8.08. The van der Waals surface area contributed by atoms with Crippen LogP contribution in [0.2, 0.25) is 0 Å². The van der Waals surface area contributed by atoms with Gasteiger partial charge < -0.3 is 4.55 Å². The number of pyridine rings is 1. The molecule has 0 radical (unpaired) electrons. The molecule has 3 aromatic rings. The van der Waals surface area contributed by atoms with Crippen LogP contribution in [-0.2, 0) is 21.6 Å². The Hall–Kier alpha value is -2.71. The fourth-order valence-corrected chi connectivity index (χ4v) is 2.36. The van der Waals surface area contributed by atoms with Crippen LogP contribution < -0.4 is 4.57 Å². The summed E-state index contributed by atoms with van der Waals surface area (Å²) in [6.45, 7) is 0. The van der Waals surface area contributed by atoms with Gasteiger partial charge in [0, 0.05) is 17.0 Å². The summed E-state index contributed by atoms with van der Waals surface area (Å²) in [5.74, 6) is 0. The summed E-state index contributed by atoms with van der Waals surface area (Å²) in [6.07, 6.45) is 0. The summed E-state index contributed by atoms with van der Waals surface area (Å²) in [5.41, 5.74) is 11.6. The Labute approximate surface area is 138 Å². The molecule has 2 aromatic carbocycles. The Balaban J connectivity index is 0.000000301. The molecule has 9 heteroatoms. The number of nitrogens with zero attached hydrogens (tertiary/aromatic N) is 4. The van der Waals surface area contributed by atoms with Crippen LogP contribution in [0.3, 0.4) is 0 Å². The van der Waals surface area contributed by atoms with E-state index in [-0.39, 0.29) is 0 Å². The maximum Gasteiger partial charge on any atom is 0.217 e. The molecule has 0 unspecified atom stereocenters. The van der Waals surface area contributed by atoms with Gasteiger partial charge in [-0.25, -0.2) is 8.42 Å². The van der Waals surface area contributed by atoms with Crippen LogP contribution in [0, 0.1) is 0 Å². The van der Waals surface area contributed by atoms with E-state index in [9.17, 15) is 13.0 Å². The second kappa shape index (κ2) is 7.24. The number of para-hydroxylation sites is 2. The first kappa shape index (κ1) is 17.6. The minimum Gasteiger partial charge on any atom is -0.726 e. The lowest BCUT2D eigenvalue weighted by Crippen LogP contribution is -2.29. The van der Waals surface area contributed by atoms with Gasteiger partial charge in [0.15, 0.2) is 0 Å². The van der Waals surface area contributed by atoms with Crippen molar-refractivity contribution in [3.8, 4) is 0 Å². The van der Waals surface area contributed by atoms with Crippen molar-refractivity contribution in [2.75, 3.05) is 7.11 Å². The summed E-state index contributed by atoms with van der Waals surface area (Å²) in [6, 6.07) is 15.9. The summed E-state index contributed by atoms with van der Waals surface area (Å²) in [4.78, 5) is 2.95. The second-order valence-corrected chi connectivity index (χ2v) is 5.86. The summed E-state index contributed by atoms with van der Waals surface area (Å²) in [7, 11) is -1.59. The van der Waals surface area contributed by atoms with Crippen LogP contribution >= 0.6 is 0 Å². The third-order valence-electron chi connectivity index (χ3n) is 3.39. The van der Waals surface area contributed by atoms with Crippen molar-refractivity contribution in [1.29, 1.82) is 0 Å². The number of benzene rings is 2. The van der Waals surface area contributed by atoms with Crippen LogP contribution in [0.15, 0.2) is 53.6 Å². The van der Waals surface area contributed by atoms with E-state index in [1.165, 1.54) is 0 Å². The van der Waals surface area contributed by atoms with Crippen molar-refractivity contribution in [2.24, 2.45) is 12.2 Å². The maximum absolute atomic E-state index is 9.22. The highest BCUT2D eigenvalue weighted by atomic mass is 32.3. The number of hydrogen-bond acceptors (Lipinski definition) is 5. The minimum absolute atomic E-state index is 0.696. The molecule has 0 amide bonds. The zero-order chi connectivity index (χ0) is 17.7. The monoisotopic (exact) mass is 346 g/mol. The molecule has 3 rings (SSSR count). The molecule has 124 valence electrons. The number of aromatic nitrogens is 1. The first-order chi connectivity index (χ1) is 11.4. The van der Waals surface area contributed by atoms with E-state index in [0.29, 0.717) is 5.69 Å². The largest absolute Gasteiger partial charge is 0.726 e. The highest BCUT2D eigenvalue weighted by Crippen LogP contribution is 2.31. The molecule has 0 aliphatic carbocycles. The number of hydrogen-bond donors (Lipinski definition) is 0. The van der Waals surface area contributed by atoms with Crippen LogP contribution in [0.1, 0.15) is 0 Å². The lowest BCUT2D eigenvalue weighted by molar-refractivity contribution is -0.617. The molecule has 0 N–H and O–H groups in total. The van der Waals surface area contributed by atoms with Crippen molar-refractivity contribution in [2.45, 2.75) is 0 Å². The van der Waals surface area contributed by atoms with E-state index in [1.54, 1.807) is 0 Å². The average Bonchev–Trinajstić information content (AvgIpc) is 2.58. The van der Waals surface area contributed by atoms with Gasteiger partial charge in [-0.3, -0.25) is 4.18 Å². The number of fused-ring (bicyclic) bond motifs is 2.